The highest BCUT2D eigenvalue weighted by atomic mass is 16.5. The number of fused-ring (bicyclic) bond motifs is 1. The van der Waals surface area contributed by atoms with E-state index < -0.39 is 0 Å². The van der Waals surface area contributed by atoms with Gasteiger partial charge in [0.2, 0.25) is 0 Å². The normalized spacial score (nSPS) is 13.8. The van der Waals surface area contributed by atoms with Crippen molar-refractivity contribution < 1.29 is 9.53 Å². The summed E-state index contributed by atoms with van der Waals surface area (Å²) in [6.45, 7) is 5.60. The molecule has 0 unspecified atom stereocenters. The Hall–Kier alpha value is -2.43. The third-order valence-corrected chi connectivity index (χ3v) is 4.12. The fraction of sp³-hybridized carbons (Fsp3) is 0.389. The Kier molecular flexibility index (Phi) is 4.55. The van der Waals surface area contributed by atoms with E-state index in [2.05, 4.69) is 23.8 Å². The Labute approximate surface area is 136 Å². The zero-order chi connectivity index (χ0) is 16.2. The van der Waals surface area contributed by atoms with Crippen LogP contribution in [0.15, 0.2) is 36.8 Å². The molecule has 5 heteroatoms. The van der Waals surface area contributed by atoms with Gasteiger partial charge in [-0.2, -0.15) is 0 Å². The number of carbonyl (C=O) groups is 1. The number of hydrogen-bond donors (Lipinski definition) is 0. The number of hydrogen-bond acceptors (Lipinski definition) is 4. The molecule has 0 radical (unpaired) electrons. The van der Waals surface area contributed by atoms with Gasteiger partial charge in [0.25, 0.3) is 5.91 Å². The highest BCUT2D eigenvalue weighted by Gasteiger charge is 2.21. The Morgan fingerprint density at radius 1 is 1.30 bits per heavy atom. The molecule has 0 fully saturated rings. The molecule has 5 nitrogen and oxygen atoms in total. The van der Waals surface area contributed by atoms with E-state index in [-0.39, 0.29) is 12.5 Å². The summed E-state index contributed by atoms with van der Waals surface area (Å²) >= 11 is 0. The van der Waals surface area contributed by atoms with Gasteiger partial charge in [-0.3, -0.25) is 4.79 Å². The van der Waals surface area contributed by atoms with Gasteiger partial charge in [0.15, 0.2) is 6.61 Å². The first-order chi connectivity index (χ1) is 11.1. The SMILES string of the molecule is CC(C)c1ccc(OCC(=O)N2CCc3ncncc3C2)cc1. The molecule has 0 spiro atoms. The number of rotatable bonds is 4. The lowest BCUT2D eigenvalue weighted by molar-refractivity contribution is -0.134. The molecule has 0 atom stereocenters. The van der Waals surface area contributed by atoms with E-state index in [1.165, 1.54) is 5.56 Å². The predicted molar refractivity (Wildman–Crippen MR) is 87.2 cm³/mol. The average molecular weight is 311 g/mol. The van der Waals surface area contributed by atoms with Crippen LogP contribution in [0.3, 0.4) is 0 Å². The van der Waals surface area contributed by atoms with Gasteiger partial charge in [-0.1, -0.05) is 26.0 Å². The van der Waals surface area contributed by atoms with Gasteiger partial charge in [-0.15, -0.1) is 0 Å². The lowest BCUT2D eigenvalue weighted by atomic mass is 10.0. The lowest BCUT2D eigenvalue weighted by Gasteiger charge is -2.27. The number of ether oxygens (including phenoxy) is 1. The molecule has 0 saturated carbocycles. The van der Waals surface area contributed by atoms with Crippen LogP contribution in [0.25, 0.3) is 0 Å². The van der Waals surface area contributed by atoms with Crippen molar-refractivity contribution in [3.8, 4) is 5.75 Å². The van der Waals surface area contributed by atoms with E-state index in [9.17, 15) is 4.79 Å². The van der Waals surface area contributed by atoms with E-state index in [1.807, 2.05) is 24.3 Å². The van der Waals surface area contributed by atoms with Crippen molar-refractivity contribution in [1.82, 2.24) is 14.9 Å². The van der Waals surface area contributed by atoms with Crippen molar-refractivity contribution in [2.75, 3.05) is 13.2 Å². The number of benzene rings is 1. The predicted octanol–water partition coefficient (Wildman–Crippen LogP) is 2.56. The molecule has 3 rings (SSSR count). The van der Waals surface area contributed by atoms with Crippen LogP contribution in [0.2, 0.25) is 0 Å². The van der Waals surface area contributed by atoms with Gasteiger partial charge in [-0.05, 0) is 23.6 Å². The van der Waals surface area contributed by atoms with Crippen molar-refractivity contribution in [1.29, 1.82) is 0 Å². The lowest BCUT2D eigenvalue weighted by Crippen LogP contribution is -2.39. The van der Waals surface area contributed by atoms with E-state index in [1.54, 1.807) is 17.4 Å². The Balaban J connectivity index is 1.56. The molecular formula is C18H21N3O2. The summed E-state index contributed by atoms with van der Waals surface area (Å²) in [6, 6.07) is 7.92. The van der Waals surface area contributed by atoms with Gasteiger partial charge < -0.3 is 9.64 Å². The van der Waals surface area contributed by atoms with Crippen LogP contribution < -0.4 is 4.74 Å². The van der Waals surface area contributed by atoms with E-state index in [4.69, 9.17) is 4.74 Å². The van der Waals surface area contributed by atoms with Crippen LogP contribution in [0.1, 0.15) is 36.6 Å². The molecular weight excluding hydrogens is 290 g/mol. The number of amides is 1. The van der Waals surface area contributed by atoms with Crippen molar-refractivity contribution in [2.24, 2.45) is 0 Å². The fourth-order valence-electron chi connectivity index (χ4n) is 2.66. The Bertz CT molecular complexity index is 683. The van der Waals surface area contributed by atoms with E-state index in [0.717, 1.165) is 23.4 Å². The molecule has 1 aromatic heterocycles. The van der Waals surface area contributed by atoms with E-state index in [0.29, 0.717) is 19.0 Å². The van der Waals surface area contributed by atoms with E-state index >= 15 is 0 Å². The fourth-order valence-corrected chi connectivity index (χ4v) is 2.66. The first-order valence-corrected chi connectivity index (χ1v) is 7.92. The Morgan fingerprint density at radius 2 is 2.09 bits per heavy atom. The topological polar surface area (TPSA) is 55.3 Å². The van der Waals surface area contributed by atoms with Gasteiger partial charge in [0, 0.05) is 31.3 Å². The molecule has 2 heterocycles. The van der Waals surface area contributed by atoms with Crippen LogP contribution in [0, 0.1) is 0 Å². The van der Waals surface area contributed by atoms with Crippen LogP contribution >= 0.6 is 0 Å². The number of aromatic nitrogens is 2. The largest absolute Gasteiger partial charge is 0.484 e. The first-order valence-electron chi connectivity index (χ1n) is 7.92. The smallest absolute Gasteiger partial charge is 0.260 e. The first kappa shape index (κ1) is 15.5. The summed E-state index contributed by atoms with van der Waals surface area (Å²) in [4.78, 5) is 22.4. The van der Waals surface area contributed by atoms with Crippen molar-refractivity contribution >= 4 is 5.91 Å². The molecule has 1 aromatic carbocycles. The monoisotopic (exact) mass is 311 g/mol. The quantitative estimate of drug-likeness (QED) is 0.871. The highest BCUT2D eigenvalue weighted by Crippen LogP contribution is 2.19. The second-order valence-electron chi connectivity index (χ2n) is 6.07. The highest BCUT2D eigenvalue weighted by molar-refractivity contribution is 5.78. The molecule has 0 bridgehead atoms. The summed E-state index contributed by atoms with van der Waals surface area (Å²) in [6.07, 6.45) is 4.11. The van der Waals surface area contributed by atoms with Gasteiger partial charge in [-0.25, -0.2) is 9.97 Å². The maximum absolute atomic E-state index is 12.3. The zero-order valence-electron chi connectivity index (χ0n) is 13.5. The second kappa shape index (κ2) is 6.77. The van der Waals surface area contributed by atoms with Crippen LogP contribution in [0.4, 0.5) is 0 Å². The third kappa shape index (κ3) is 3.67. The summed E-state index contributed by atoms with van der Waals surface area (Å²) in [5, 5.41) is 0. The van der Waals surface area contributed by atoms with Gasteiger partial charge >= 0.3 is 0 Å². The van der Waals surface area contributed by atoms with Crippen LogP contribution in [0.5, 0.6) is 5.75 Å². The summed E-state index contributed by atoms with van der Waals surface area (Å²) in [7, 11) is 0. The summed E-state index contributed by atoms with van der Waals surface area (Å²) in [5.74, 6) is 1.21. The molecule has 1 aliphatic rings. The molecule has 1 amide bonds. The minimum Gasteiger partial charge on any atom is -0.484 e. The maximum atomic E-state index is 12.3. The van der Waals surface area contributed by atoms with Crippen molar-refractivity contribution in [3.05, 3.63) is 53.6 Å². The molecule has 120 valence electrons. The molecule has 0 aliphatic carbocycles. The van der Waals surface area contributed by atoms with Crippen molar-refractivity contribution in [2.45, 2.75) is 32.7 Å². The van der Waals surface area contributed by atoms with Crippen molar-refractivity contribution in [3.63, 3.8) is 0 Å². The zero-order valence-corrected chi connectivity index (χ0v) is 13.5. The van der Waals surface area contributed by atoms with Crippen LogP contribution in [-0.2, 0) is 17.8 Å². The standard InChI is InChI=1S/C18H21N3O2/c1-13(2)14-3-5-16(6-4-14)23-11-18(22)21-8-7-17-15(10-21)9-19-12-20-17/h3-6,9,12-13H,7-8,10-11H2,1-2H3. The summed E-state index contributed by atoms with van der Waals surface area (Å²) < 4.78 is 5.62. The van der Waals surface area contributed by atoms with Gasteiger partial charge in [0.05, 0.1) is 5.69 Å². The Morgan fingerprint density at radius 3 is 2.83 bits per heavy atom. The number of carbonyl (C=O) groups excluding carboxylic acids is 1. The van der Waals surface area contributed by atoms with Gasteiger partial charge in [0.1, 0.15) is 12.1 Å². The molecule has 0 N–H and O–H groups in total. The second-order valence-corrected chi connectivity index (χ2v) is 6.07. The number of nitrogens with zero attached hydrogens (tertiary/aromatic N) is 3. The molecule has 0 saturated heterocycles. The van der Waals surface area contributed by atoms with Crippen LogP contribution in [-0.4, -0.2) is 33.9 Å². The molecule has 1 aliphatic heterocycles. The average Bonchev–Trinajstić information content (AvgIpc) is 2.59. The minimum atomic E-state index is -0.00700. The molecule has 2 aromatic rings. The maximum Gasteiger partial charge on any atom is 0.260 e. The third-order valence-electron chi connectivity index (χ3n) is 4.12. The minimum absolute atomic E-state index is 0.00700. The molecule has 23 heavy (non-hydrogen) atoms. The summed E-state index contributed by atoms with van der Waals surface area (Å²) in [5.41, 5.74) is 3.32.